The number of carbonyl (C=O) groups is 2. The summed E-state index contributed by atoms with van der Waals surface area (Å²) in [4.78, 5) is 22.6. The summed E-state index contributed by atoms with van der Waals surface area (Å²) >= 11 is 1.13. The normalized spacial score (nSPS) is 13.2. The highest BCUT2D eigenvalue weighted by molar-refractivity contribution is 8.01. The molecule has 2 unspecified atom stereocenters. The van der Waals surface area contributed by atoms with Crippen molar-refractivity contribution in [2.75, 3.05) is 6.61 Å². The second-order valence-corrected chi connectivity index (χ2v) is 9.92. The topological polar surface area (TPSA) is 63.6 Å². The maximum atomic E-state index is 11.8. The third kappa shape index (κ3) is 19.0. The average Bonchev–Trinajstić information content (AvgIpc) is 2.69. The molecule has 0 aromatic carbocycles. The van der Waals surface area contributed by atoms with E-state index in [1.54, 1.807) is 13.8 Å². The van der Waals surface area contributed by atoms with Crippen LogP contribution in [0, 0.1) is 0 Å². The van der Waals surface area contributed by atoms with Gasteiger partial charge in [-0.15, -0.1) is 11.8 Å². The Morgan fingerprint density at radius 2 is 1.07 bits per heavy atom. The van der Waals surface area contributed by atoms with Crippen LogP contribution in [0.5, 0.6) is 0 Å². The van der Waals surface area contributed by atoms with Crippen LogP contribution in [0.15, 0.2) is 0 Å². The molecule has 0 saturated carbocycles. The van der Waals surface area contributed by atoms with Crippen molar-refractivity contribution in [3.63, 3.8) is 0 Å². The van der Waals surface area contributed by atoms with Gasteiger partial charge in [-0.1, -0.05) is 103 Å². The third-order valence-corrected chi connectivity index (χ3v) is 6.54. The number of hydrogen-bond acceptors (Lipinski definition) is 4. The summed E-state index contributed by atoms with van der Waals surface area (Å²) in [6.45, 7) is 6.02. The second-order valence-electron chi connectivity index (χ2n) is 8.23. The van der Waals surface area contributed by atoms with Crippen molar-refractivity contribution < 1.29 is 19.4 Å². The fourth-order valence-corrected chi connectivity index (χ4v) is 4.27. The summed E-state index contributed by atoms with van der Waals surface area (Å²) in [5.41, 5.74) is 0. The smallest absolute Gasteiger partial charge is 0.318 e. The molecule has 0 bridgehead atoms. The Morgan fingerprint density at radius 3 is 1.45 bits per heavy atom. The minimum Gasteiger partial charge on any atom is -0.480 e. The van der Waals surface area contributed by atoms with Crippen LogP contribution in [0.2, 0.25) is 0 Å². The Kier molecular flexibility index (Phi) is 20.1. The van der Waals surface area contributed by atoms with E-state index in [0.717, 1.165) is 24.6 Å². The Hall–Kier alpha value is -0.710. The molecule has 0 aromatic rings. The van der Waals surface area contributed by atoms with Gasteiger partial charge in [0.1, 0.15) is 10.5 Å². The highest BCUT2D eigenvalue weighted by Gasteiger charge is 2.21. The van der Waals surface area contributed by atoms with Crippen molar-refractivity contribution in [2.45, 2.75) is 134 Å². The van der Waals surface area contributed by atoms with Crippen LogP contribution < -0.4 is 0 Å². The van der Waals surface area contributed by atoms with E-state index < -0.39 is 16.5 Å². The van der Waals surface area contributed by atoms with Crippen LogP contribution in [-0.2, 0) is 14.3 Å². The van der Waals surface area contributed by atoms with Gasteiger partial charge in [0.05, 0.1) is 6.61 Å². The molecule has 0 fully saturated rings. The summed E-state index contributed by atoms with van der Waals surface area (Å²) in [5.74, 6) is -1.20. The number of rotatable bonds is 21. The van der Waals surface area contributed by atoms with Gasteiger partial charge in [-0.05, 0) is 20.3 Å². The molecule has 0 rings (SSSR count). The number of thioether (sulfide) groups is 1. The van der Waals surface area contributed by atoms with Gasteiger partial charge < -0.3 is 9.84 Å². The number of carboxylic acid groups (broad SMARTS) is 1. The summed E-state index contributed by atoms with van der Waals surface area (Å²) in [5, 5.41) is 7.85. The Labute approximate surface area is 183 Å². The van der Waals surface area contributed by atoms with E-state index in [-0.39, 0.29) is 5.97 Å². The van der Waals surface area contributed by atoms with Crippen LogP contribution in [0.4, 0.5) is 0 Å². The lowest BCUT2D eigenvalue weighted by molar-refractivity contribution is -0.142. The van der Waals surface area contributed by atoms with E-state index in [4.69, 9.17) is 9.84 Å². The SMILES string of the molecule is CCCCCCCCCCCCCCCCCCOC(=O)C(C)SC(C)C(=O)O. The average molecular weight is 431 g/mol. The summed E-state index contributed by atoms with van der Waals surface area (Å²) in [6, 6.07) is 0. The molecule has 0 aromatic heterocycles. The maximum absolute atomic E-state index is 11.8. The molecule has 2 atom stereocenters. The van der Waals surface area contributed by atoms with E-state index in [2.05, 4.69) is 6.92 Å². The molecule has 0 heterocycles. The van der Waals surface area contributed by atoms with Gasteiger partial charge in [0, 0.05) is 0 Å². The molecule has 29 heavy (non-hydrogen) atoms. The highest BCUT2D eigenvalue weighted by Crippen LogP contribution is 2.19. The van der Waals surface area contributed by atoms with Gasteiger partial charge in [-0.25, -0.2) is 0 Å². The largest absolute Gasteiger partial charge is 0.480 e. The molecule has 0 aliphatic rings. The fourth-order valence-electron chi connectivity index (χ4n) is 3.36. The predicted molar refractivity (Wildman–Crippen MR) is 125 cm³/mol. The van der Waals surface area contributed by atoms with Gasteiger partial charge in [0.2, 0.25) is 0 Å². The summed E-state index contributed by atoms with van der Waals surface area (Å²) in [7, 11) is 0. The van der Waals surface area contributed by atoms with E-state index >= 15 is 0 Å². The van der Waals surface area contributed by atoms with Crippen molar-refractivity contribution in [1.29, 1.82) is 0 Å². The molecular weight excluding hydrogens is 384 g/mol. The lowest BCUT2D eigenvalue weighted by Gasteiger charge is -2.13. The first-order valence-corrected chi connectivity index (χ1v) is 13.0. The summed E-state index contributed by atoms with van der Waals surface area (Å²) in [6.07, 6.45) is 21.1. The Bertz CT molecular complexity index is 400. The maximum Gasteiger partial charge on any atom is 0.318 e. The Balaban J connectivity index is 3.29. The molecule has 1 N–H and O–H groups in total. The standard InChI is InChI=1S/C24H46O4S/c1-4-5-6-7-8-9-10-11-12-13-14-15-16-17-18-19-20-28-24(27)22(3)29-21(2)23(25)26/h21-22H,4-20H2,1-3H3,(H,25,26). The zero-order valence-corrected chi connectivity index (χ0v) is 20.1. The molecule has 4 nitrogen and oxygen atoms in total. The van der Waals surface area contributed by atoms with Gasteiger partial charge in [-0.3, -0.25) is 9.59 Å². The lowest BCUT2D eigenvalue weighted by atomic mass is 10.0. The first-order chi connectivity index (χ1) is 14.0. The number of esters is 1. The number of unbranched alkanes of at least 4 members (excludes halogenated alkanes) is 15. The van der Waals surface area contributed by atoms with E-state index in [0.29, 0.717) is 6.61 Å². The zero-order valence-electron chi connectivity index (χ0n) is 19.3. The van der Waals surface area contributed by atoms with Crippen LogP contribution in [-0.4, -0.2) is 34.2 Å². The van der Waals surface area contributed by atoms with Crippen molar-refractivity contribution in [3.8, 4) is 0 Å². The molecule has 5 heteroatoms. The highest BCUT2D eigenvalue weighted by atomic mass is 32.2. The van der Waals surface area contributed by atoms with Crippen LogP contribution >= 0.6 is 11.8 Å². The molecule has 0 amide bonds. The first-order valence-electron chi connectivity index (χ1n) is 12.0. The Morgan fingerprint density at radius 1 is 0.690 bits per heavy atom. The van der Waals surface area contributed by atoms with Crippen molar-refractivity contribution >= 4 is 23.7 Å². The molecular formula is C24H46O4S. The number of carbonyl (C=O) groups excluding carboxylic acids is 1. The first kappa shape index (κ1) is 28.3. The minimum atomic E-state index is -0.896. The zero-order chi connectivity index (χ0) is 21.7. The van der Waals surface area contributed by atoms with Crippen molar-refractivity contribution in [3.05, 3.63) is 0 Å². The molecule has 0 radical (unpaired) electrons. The molecule has 0 aliphatic heterocycles. The van der Waals surface area contributed by atoms with E-state index in [9.17, 15) is 9.59 Å². The van der Waals surface area contributed by atoms with Crippen LogP contribution in [0.1, 0.15) is 124 Å². The van der Waals surface area contributed by atoms with Gasteiger partial charge >= 0.3 is 11.9 Å². The number of carboxylic acids is 1. The minimum absolute atomic E-state index is 0.302. The second kappa shape index (κ2) is 20.6. The quantitative estimate of drug-likeness (QED) is 0.152. The number of aliphatic carboxylic acids is 1. The van der Waals surface area contributed by atoms with Gasteiger partial charge in [0.25, 0.3) is 0 Å². The van der Waals surface area contributed by atoms with Gasteiger partial charge in [0.15, 0.2) is 0 Å². The van der Waals surface area contributed by atoms with Crippen molar-refractivity contribution in [2.24, 2.45) is 0 Å². The summed E-state index contributed by atoms with van der Waals surface area (Å²) < 4.78 is 5.25. The van der Waals surface area contributed by atoms with Gasteiger partial charge in [-0.2, -0.15) is 0 Å². The molecule has 0 aliphatic carbocycles. The molecule has 172 valence electrons. The third-order valence-electron chi connectivity index (χ3n) is 5.33. The monoisotopic (exact) mass is 430 g/mol. The lowest BCUT2D eigenvalue weighted by Crippen LogP contribution is -2.23. The van der Waals surface area contributed by atoms with Crippen molar-refractivity contribution in [1.82, 2.24) is 0 Å². The van der Waals surface area contributed by atoms with E-state index in [1.165, 1.54) is 89.9 Å². The van der Waals surface area contributed by atoms with Crippen LogP contribution in [0.25, 0.3) is 0 Å². The molecule has 0 saturated heterocycles. The molecule has 0 spiro atoms. The number of hydrogen-bond donors (Lipinski definition) is 1. The van der Waals surface area contributed by atoms with Crippen LogP contribution in [0.3, 0.4) is 0 Å². The van der Waals surface area contributed by atoms with E-state index in [1.807, 2.05) is 0 Å². The fraction of sp³-hybridized carbons (Fsp3) is 0.917. The number of ether oxygens (including phenoxy) is 1. The predicted octanol–water partition coefficient (Wildman–Crippen LogP) is 7.39.